The van der Waals surface area contributed by atoms with Crippen LogP contribution in [-0.2, 0) is 11.3 Å². The van der Waals surface area contributed by atoms with Crippen LogP contribution in [0.25, 0.3) is 0 Å². The zero-order valence-corrected chi connectivity index (χ0v) is 12.1. The molecular weight excluding hydrogens is 240 g/mol. The molecule has 1 aromatic heterocycles. The van der Waals surface area contributed by atoms with Gasteiger partial charge in [0.2, 0.25) is 5.91 Å². The zero-order valence-electron chi connectivity index (χ0n) is 12.1. The first kappa shape index (κ1) is 14.1. The van der Waals surface area contributed by atoms with Gasteiger partial charge in [-0.05, 0) is 38.8 Å². The monoisotopic (exact) mass is 264 g/mol. The first-order valence-corrected chi connectivity index (χ1v) is 7.08. The van der Waals surface area contributed by atoms with Gasteiger partial charge in [0.25, 0.3) is 0 Å². The summed E-state index contributed by atoms with van der Waals surface area (Å²) in [5.41, 5.74) is 0.422. The number of aryl methyl sites for hydroxylation is 1. The molecule has 1 aliphatic heterocycles. The Morgan fingerprint density at radius 1 is 1.63 bits per heavy atom. The van der Waals surface area contributed by atoms with Crippen molar-refractivity contribution >= 4 is 11.6 Å². The molecule has 1 aliphatic rings. The lowest BCUT2D eigenvalue weighted by Gasteiger charge is -2.35. The van der Waals surface area contributed by atoms with Crippen molar-refractivity contribution in [2.45, 2.75) is 40.2 Å². The van der Waals surface area contributed by atoms with Crippen LogP contribution in [0.5, 0.6) is 0 Å². The Bertz CT molecular complexity index is 432. The lowest BCUT2D eigenvalue weighted by atomic mass is 9.74. The van der Waals surface area contributed by atoms with Gasteiger partial charge in [0.1, 0.15) is 0 Å². The standard InChI is InChI=1S/C14H24N4O/c1-4-18-10-12(9-16-18)17-13(19)14(2,3)11-6-5-7-15-8-11/h9-11,15H,4-8H2,1-3H3,(H,17,19). The molecular formula is C14H24N4O. The van der Waals surface area contributed by atoms with Crippen molar-refractivity contribution in [1.29, 1.82) is 0 Å². The first-order valence-electron chi connectivity index (χ1n) is 7.08. The van der Waals surface area contributed by atoms with E-state index in [1.165, 1.54) is 0 Å². The average molecular weight is 264 g/mol. The van der Waals surface area contributed by atoms with Gasteiger partial charge in [0, 0.05) is 18.2 Å². The molecule has 19 heavy (non-hydrogen) atoms. The fourth-order valence-electron chi connectivity index (χ4n) is 2.55. The first-order chi connectivity index (χ1) is 9.04. The second-order valence-corrected chi connectivity index (χ2v) is 5.80. The van der Waals surface area contributed by atoms with E-state index in [-0.39, 0.29) is 11.3 Å². The highest BCUT2D eigenvalue weighted by Crippen LogP contribution is 2.32. The van der Waals surface area contributed by atoms with Gasteiger partial charge in [-0.1, -0.05) is 13.8 Å². The number of hydrogen-bond acceptors (Lipinski definition) is 3. The largest absolute Gasteiger partial charge is 0.323 e. The third-order valence-electron chi connectivity index (χ3n) is 4.12. The Morgan fingerprint density at radius 2 is 2.42 bits per heavy atom. The Balaban J connectivity index is 2.00. The summed E-state index contributed by atoms with van der Waals surface area (Å²) in [5, 5.41) is 10.5. The van der Waals surface area contributed by atoms with E-state index in [1.807, 2.05) is 31.6 Å². The molecule has 1 atom stereocenters. The Morgan fingerprint density at radius 3 is 3.00 bits per heavy atom. The molecule has 0 aromatic carbocycles. The number of carbonyl (C=O) groups excluding carboxylic acids is 1. The molecule has 0 saturated carbocycles. The lowest BCUT2D eigenvalue weighted by Crippen LogP contribution is -2.44. The van der Waals surface area contributed by atoms with E-state index in [9.17, 15) is 4.79 Å². The Kier molecular flexibility index (Phi) is 4.24. The van der Waals surface area contributed by atoms with E-state index in [2.05, 4.69) is 15.7 Å². The number of nitrogens with one attached hydrogen (secondary N) is 2. The van der Waals surface area contributed by atoms with Crippen molar-refractivity contribution in [3.63, 3.8) is 0 Å². The number of anilines is 1. The van der Waals surface area contributed by atoms with Crippen LogP contribution in [0.4, 0.5) is 5.69 Å². The van der Waals surface area contributed by atoms with Gasteiger partial charge in [0.15, 0.2) is 0 Å². The summed E-state index contributed by atoms with van der Waals surface area (Å²) in [5.74, 6) is 0.472. The molecule has 1 saturated heterocycles. The van der Waals surface area contributed by atoms with Crippen molar-refractivity contribution in [2.24, 2.45) is 11.3 Å². The van der Waals surface area contributed by atoms with Crippen molar-refractivity contribution in [3.8, 4) is 0 Å². The molecule has 0 radical (unpaired) electrons. The van der Waals surface area contributed by atoms with E-state index >= 15 is 0 Å². The maximum Gasteiger partial charge on any atom is 0.230 e. The Hall–Kier alpha value is -1.36. The highest BCUT2D eigenvalue weighted by atomic mass is 16.2. The molecule has 0 aliphatic carbocycles. The highest BCUT2D eigenvalue weighted by molar-refractivity contribution is 5.94. The second kappa shape index (κ2) is 5.74. The summed E-state index contributed by atoms with van der Waals surface area (Å²) < 4.78 is 1.81. The summed E-state index contributed by atoms with van der Waals surface area (Å²) in [6, 6.07) is 0. The predicted octanol–water partition coefficient (Wildman–Crippen LogP) is 1.87. The predicted molar refractivity (Wildman–Crippen MR) is 75.9 cm³/mol. The van der Waals surface area contributed by atoms with E-state index in [1.54, 1.807) is 6.20 Å². The van der Waals surface area contributed by atoms with Gasteiger partial charge in [-0.15, -0.1) is 0 Å². The molecule has 1 amide bonds. The van der Waals surface area contributed by atoms with Gasteiger partial charge in [-0.2, -0.15) is 5.10 Å². The summed E-state index contributed by atoms with van der Waals surface area (Å²) in [7, 11) is 0. The molecule has 2 rings (SSSR count). The van der Waals surface area contributed by atoms with Crippen LogP contribution in [0.2, 0.25) is 0 Å². The van der Waals surface area contributed by atoms with Gasteiger partial charge in [-0.3, -0.25) is 9.48 Å². The van der Waals surface area contributed by atoms with Crippen molar-refractivity contribution in [2.75, 3.05) is 18.4 Å². The number of carbonyl (C=O) groups is 1. The van der Waals surface area contributed by atoms with Gasteiger partial charge in [0.05, 0.1) is 11.9 Å². The maximum absolute atomic E-state index is 12.5. The number of nitrogens with zero attached hydrogens (tertiary/aromatic N) is 2. The molecule has 2 N–H and O–H groups in total. The number of amides is 1. The van der Waals surface area contributed by atoms with Crippen LogP contribution in [0.15, 0.2) is 12.4 Å². The minimum atomic E-state index is -0.359. The number of piperidine rings is 1. The smallest absolute Gasteiger partial charge is 0.230 e. The quantitative estimate of drug-likeness (QED) is 0.873. The molecule has 0 spiro atoms. The average Bonchev–Trinajstić information content (AvgIpc) is 2.87. The summed E-state index contributed by atoms with van der Waals surface area (Å²) in [6.07, 6.45) is 5.83. The number of hydrogen-bond donors (Lipinski definition) is 2. The van der Waals surface area contributed by atoms with E-state index in [4.69, 9.17) is 0 Å². The molecule has 1 fully saturated rings. The van der Waals surface area contributed by atoms with Crippen molar-refractivity contribution in [3.05, 3.63) is 12.4 Å². The van der Waals surface area contributed by atoms with Crippen molar-refractivity contribution < 1.29 is 4.79 Å². The van der Waals surface area contributed by atoms with Crippen LogP contribution in [0.1, 0.15) is 33.6 Å². The van der Waals surface area contributed by atoms with Gasteiger partial charge < -0.3 is 10.6 Å². The maximum atomic E-state index is 12.5. The van der Waals surface area contributed by atoms with E-state index < -0.39 is 0 Å². The van der Waals surface area contributed by atoms with Gasteiger partial charge >= 0.3 is 0 Å². The topological polar surface area (TPSA) is 59.0 Å². The SMILES string of the molecule is CCn1cc(NC(=O)C(C)(C)C2CCCNC2)cn1. The van der Waals surface area contributed by atoms with Crippen LogP contribution in [-0.4, -0.2) is 28.8 Å². The summed E-state index contributed by atoms with van der Waals surface area (Å²) in [4.78, 5) is 12.5. The number of aromatic nitrogens is 2. The highest BCUT2D eigenvalue weighted by Gasteiger charge is 2.37. The van der Waals surface area contributed by atoms with Crippen LogP contribution in [0.3, 0.4) is 0 Å². The fraction of sp³-hybridized carbons (Fsp3) is 0.714. The summed E-state index contributed by atoms with van der Waals surface area (Å²) >= 11 is 0. The zero-order chi connectivity index (χ0) is 13.9. The van der Waals surface area contributed by atoms with E-state index in [0.29, 0.717) is 5.92 Å². The third kappa shape index (κ3) is 3.15. The third-order valence-corrected chi connectivity index (χ3v) is 4.12. The normalized spacial score (nSPS) is 20.3. The lowest BCUT2D eigenvalue weighted by molar-refractivity contribution is -0.127. The molecule has 1 unspecified atom stereocenters. The fourth-order valence-corrected chi connectivity index (χ4v) is 2.55. The van der Waals surface area contributed by atoms with Crippen LogP contribution in [0, 0.1) is 11.3 Å². The van der Waals surface area contributed by atoms with E-state index in [0.717, 1.165) is 38.2 Å². The summed E-state index contributed by atoms with van der Waals surface area (Å²) in [6.45, 7) is 8.89. The number of rotatable bonds is 4. The molecule has 106 valence electrons. The molecule has 1 aromatic rings. The second-order valence-electron chi connectivity index (χ2n) is 5.80. The van der Waals surface area contributed by atoms with Gasteiger partial charge in [-0.25, -0.2) is 0 Å². The molecule has 2 heterocycles. The molecule has 5 nitrogen and oxygen atoms in total. The minimum absolute atomic E-state index is 0.0804. The minimum Gasteiger partial charge on any atom is -0.323 e. The molecule has 0 bridgehead atoms. The molecule has 5 heteroatoms. The van der Waals surface area contributed by atoms with Crippen LogP contribution >= 0.6 is 0 Å². The van der Waals surface area contributed by atoms with Crippen LogP contribution < -0.4 is 10.6 Å². The van der Waals surface area contributed by atoms with Crippen molar-refractivity contribution in [1.82, 2.24) is 15.1 Å². The Labute approximate surface area is 114 Å².